The van der Waals surface area contributed by atoms with Crippen LogP contribution in [0.2, 0.25) is 0 Å². The van der Waals surface area contributed by atoms with Gasteiger partial charge in [-0.25, -0.2) is 0 Å². The molecule has 1 aliphatic heterocycles. The highest BCUT2D eigenvalue weighted by Crippen LogP contribution is 2.18. The summed E-state index contributed by atoms with van der Waals surface area (Å²) >= 11 is 0. The summed E-state index contributed by atoms with van der Waals surface area (Å²) in [7, 11) is 0. The van der Waals surface area contributed by atoms with Gasteiger partial charge in [-0.1, -0.05) is 72.8 Å². The minimum Gasteiger partial charge on any atom is -0.379 e. The third kappa shape index (κ3) is 6.76. The van der Waals surface area contributed by atoms with Gasteiger partial charge in [0.1, 0.15) is 0 Å². The average molecular weight is 430 g/mol. The lowest BCUT2D eigenvalue weighted by Gasteiger charge is -2.26. The number of ether oxygens (including phenoxy) is 1. The predicted octanol–water partition coefficient (Wildman–Crippen LogP) is 4.03. The van der Waals surface area contributed by atoms with Gasteiger partial charge in [0, 0.05) is 31.4 Å². The zero-order valence-electron chi connectivity index (χ0n) is 18.4. The molecule has 5 nitrogen and oxygen atoms in total. The molecule has 0 bridgehead atoms. The maximum absolute atomic E-state index is 12.6. The van der Waals surface area contributed by atoms with Crippen molar-refractivity contribution in [2.45, 2.75) is 19.0 Å². The van der Waals surface area contributed by atoms with Gasteiger partial charge < -0.3 is 15.4 Å². The number of carbonyl (C=O) groups excluding carboxylic acids is 1. The third-order valence-corrected chi connectivity index (χ3v) is 5.74. The molecule has 4 rings (SSSR count). The minimum absolute atomic E-state index is 0.0417. The van der Waals surface area contributed by atoms with Crippen molar-refractivity contribution in [2.75, 3.05) is 38.2 Å². The highest BCUT2D eigenvalue weighted by Gasteiger charge is 2.14. The first kappa shape index (κ1) is 22.2. The third-order valence-electron chi connectivity index (χ3n) is 5.74. The van der Waals surface area contributed by atoms with Gasteiger partial charge in [0.15, 0.2) is 0 Å². The topological polar surface area (TPSA) is 53.6 Å². The van der Waals surface area contributed by atoms with Crippen LogP contribution in [0.4, 0.5) is 5.69 Å². The smallest absolute Gasteiger partial charge is 0.238 e. The fourth-order valence-corrected chi connectivity index (χ4v) is 3.98. The molecule has 0 aromatic heterocycles. The number of carbonyl (C=O) groups is 1. The summed E-state index contributed by atoms with van der Waals surface area (Å²) in [5, 5.41) is 6.45. The Morgan fingerprint density at radius 1 is 0.844 bits per heavy atom. The Bertz CT molecular complexity index is 955. The van der Waals surface area contributed by atoms with Gasteiger partial charge in [-0.15, -0.1) is 0 Å². The molecule has 0 aliphatic carbocycles. The number of anilines is 1. The lowest BCUT2D eigenvalue weighted by molar-refractivity contribution is -0.115. The molecule has 5 heteroatoms. The van der Waals surface area contributed by atoms with Gasteiger partial charge in [0.25, 0.3) is 0 Å². The summed E-state index contributed by atoms with van der Waals surface area (Å²) in [6.07, 6.45) is 0.828. The molecular formula is C27H31N3O2. The van der Waals surface area contributed by atoms with Crippen molar-refractivity contribution in [2.24, 2.45) is 0 Å². The zero-order chi connectivity index (χ0) is 22.0. The molecule has 2 N–H and O–H groups in total. The second kappa shape index (κ2) is 11.6. The number of hydrogen-bond donors (Lipinski definition) is 2. The van der Waals surface area contributed by atoms with E-state index in [9.17, 15) is 4.79 Å². The summed E-state index contributed by atoms with van der Waals surface area (Å²) < 4.78 is 5.41. The number of rotatable bonds is 9. The van der Waals surface area contributed by atoms with E-state index >= 15 is 0 Å². The van der Waals surface area contributed by atoms with E-state index < -0.39 is 0 Å². The molecule has 1 amide bonds. The summed E-state index contributed by atoms with van der Waals surface area (Å²) in [5.41, 5.74) is 4.48. The van der Waals surface area contributed by atoms with Crippen molar-refractivity contribution in [1.29, 1.82) is 0 Å². The van der Waals surface area contributed by atoms with Gasteiger partial charge in [0.2, 0.25) is 5.91 Å². The SMILES string of the molecule is O=C(CNC(Cc1ccccc1)c1ccccc1)Nc1ccc(CN2CCOCC2)cc1. The van der Waals surface area contributed by atoms with E-state index in [2.05, 4.69) is 51.9 Å². The van der Waals surface area contributed by atoms with E-state index in [1.54, 1.807) is 0 Å². The van der Waals surface area contributed by atoms with Crippen LogP contribution >= 0.6 is 0 Å². The van der Waals surface area contributed by atoms with Crippen LogP contribution in [0.15, 0.2) is 84.9 Å². The maximum atomic E-state index is 12.6. The molecule has 0 radical (unpaired) electrons. The fourth-order valence-electron chi connectivity index (χ4n) is 3.98. The van der Waals surface area contributed by atoms with E-state index in [1.807, 2.05) is 48.5 Å². The number of hydrogen-bond acceptors (Lipinski definition) is 4. The quantitative estimate of drug-likeness (QED) is 0.539. The Labute approximate surface area is 190 Å². The molecule has 1 unspecified atom stereocenters. The first-order valence-electron chi connectivity index (χ1n) is 11.3. The number of morpholine rings is 1. The van der Waals surface area contributed by atoms with Crippen molar-refractivity contribution < 1.29 is 9.53 Å². The number of nitrogens with zero attached hydrogens (tertiary/aromatic N) is 1. The molecule has 1 fully saturated rings. The molecule has 1 saturated heterocycles. The largest absolute Gasteiger partial charge is 0.379 e. The van der Waals surface area contributed by atoms with Crippen LogP contribution in [0, 0.1) is 0 Å². The van der Waals surface area contributed by atoms with Crippen LogP contribution in [0.5, 0.6) is 0 Å². The monoisotopic (exact) mass is 429 g/mol. The van der Waals surface area contributed by atoms with Gasteiger partial charge in [-0.2, -0.15) is 0 Å². The van der Waals surface area contributed by atoms with E-state index in [1.165, 1.54) is 16.7 Å². The first-order chi connectivity index (χ1) is 15.8. The number of nitrogens with one attached hydrogen (secondary N) is 2. The fraction of sp³-hybridized carbons (Fsp3) is 0.296. The Morgan fingerprint density at radius 3 is 2.19 bits per heavy atom. The first-order valence-corrected chi connectivity index (χ1v) is 11.3. The number of benzene rings is 3. The molecule has 32 heavy (non-hydrogen) atoms. The normalized spacial score (nSPS) is 15.2. The summed E-state index contributed by atoms with van der Waals surface area (Å²) in [6.45, 7) is 4.70. The van der Waals surface area contributed by atoms with Gasteiger partial charge >= 0.3 is 0 Å². The van der Waals surface area contributed by atoms with Crippen LogP contribution in [0.1, 0.15) is 22.7 Å². The van der Waals surface area contributed by atoms with E-state index in [0.717, 1.165) is 45.0 Å². The molecule has 1 aliphatic rings. The summed E-state index contributed by atoms with van der Waals surface area (Å²) in [5.74, 6) is -0.0417. The lowest BCUT2D eigenvalue weighted by Crippen LogP contribution is -2.35. The van der Waals surface area contributed by atoms with Crippen molar-refractivity contribution >= 4 is 11.6 Å². The summed E-state index contributed by atoms with van der Waals surface area (Å²) in [6, 6.07) is 28.8. The molecule has 3 aromatic carbocycles. The molecular weight excluding hydrogens is 398 g/mol. The van der Waals surface area contributed by atoms with E-state index in [-0.39, 0.29) is 18.5 Å². The molecule has 1 atom stereocenters. The van der Waals surface area contributed by atoms with Crippen molar-refractivity contribution in [1.82, 2.24) is 10.2 Å². The number of amides is 1. The molecule has 3 aromatic rings. The predicted molar refractivity (Wildman–Crippen MR) is 128 cm³/mol. The van der Waals surface area contributed by atoms with Crippen LogP contribution in [0.3, 0.4) is 0 Å². The van der Waals surface area contributed by atoms with Crippen LogP contribution in [0.25, 0.3) is 0 Å². The second-order valence-corrected chi connectivity index (χ2v) is 8.17. The highest BCUT2D eigenvalue weighted by molar-refractivity contribution is 5.92. The van der Waals surface area contributed by atoms with Crippen molar-refractivity contribution in [3.05, 3.63) is 102 Å². The van der Waals surface area contributed by atoms with Crippen LogP contribution in [-0.4, -0.2) is 43.7 Å². The highest BCUT2D eigenvalue weighted by atomic mass is 16.5. The van der Waals surface area contributed by atoms with Gasteiger partial charge in [-0.3, -0.25) is 9.69 Å². The van der Waals surface area contributed by atoms with Crippen molar-refractivity contribution in [3.63, 3.8) is 0 Å². The summed E-state index contributed by atoms with van der Waals surface area (Å²) in [4.78, 5) is 15.0. The molecule has 1 heterocycles. The molecule has 0 saturated carbocycles. The zero-order valence-corrected chi connectivity index (χ0v) is 18.4. The van der Waals surface area contributed by atoms with E-state index in [0.29, 0.717) is 0 Å². The second-order valence-electron chi connectivity index (χ2n) is 8.17. The maximum Gasteiger partial charge on any atom is 0.238 e. The van der Waals surface area contributed by atoms with Gasteiger partial charge in [-0.05, 0) is 35.2 Å². The Hall–Kier alpha value is -2.99. The Kier molecular flexibility index (Phi) is 8.04. The standard InChI is InChI=1S/C27H31N3O2/c31-27(29-25-13-11-23(12-14-25)21-30-15-17-32-18-16-30)20-28-26(24-9-5-2-6-10-24)19-22-7-3-1-4-8-22/h1-14,26,28H,15-21H2,(H,29,31). The van der Waals surface area contributed by atoms with Crippen LogP contribution in [-0.2, 0) is 22.5 Å². The Morgan fingerprint density at radius 2 is 1.50 bits per heavy atom. The van der Waals surface area contributed by atoms with Crippen molar-refractivity contribution in [3.8, 4) is 0 Å². The molecule has 166 valence electrons. The minimum atomic E-state index is -0.0417. The van der Waals surface area contributed by atoms with E-state index in [4.69, 9.17) is 4.74 Å². The van der Waals surface area contributed by atoms with Gasteiger partial charge in [0.05, 0.1) is 19.8 Å². The lowest BCUT2D eigenvalue weighted by atomic mass is 9.99. The Balaban J connectivity index is 1.31. The average Bonchev–Trinajstić information content (AvgIpc) is 2.85. The van der Waals surface area contributed by atoms with Crippen LogP contribution < -0.4 is 10.6 Å². The molecule has 0 spiro atoms.